The molecule has 3 aliphatic rings. The topological polar surface area (TPSA) is 48.8 Å². The zero-order valence-corrected chi connectivity index (χ0v) is 10.5. The Bertz CT molecular complexity index is 760. The van der Waals surface area contributed by atoms with E-state index in [0.29, 0.717) is 11.8 Å². The van der Waals surface area contributed by atoms with E-state index in [1.807, 2.05) is 12.1 Å². The number of hydrogen-bond donors (Lipinski definition) is 2. The molecule has 0 unspecified atom stereocenters. The van der Waals surface area contributed by atoms with Gasteiger partial charge in [0.05, 0.1) is 22.8 Å². The van der Waals surface area contributed by atoms with Crippen LogP contribution in [-0.2, 0) is 0 Å². The third-order valence-corrected chi connectivity index (χ3v) is 3.67. The summed E-state index contributed by atoms with van der Waals surface area (Å²) in [5, 5.41) is 8.58. The maximum absolute atomic E-state index is 12.4. The van der Waals surface area contributed by atoms with E-state index in [-0.39, 0.29) is 5.70 Å². The van der Waals surface area contributed by atoms with E-state index < -0.39 is 6.43 Å². The monoisotopic (exact) mass is 274 g/mol. The first kappa shape index (κ1) is 11.7. The van der Waals surface area contributed by atoms with Gasteiger partial charge in [-0.1, -0.05) is 0 Å². The number of anilines is 1. The summed E-state index contributed by atoms with van der Waals surface area (Å²) in [5.41, 5.74) is 2.27. The lowest BCUT2D eigenvalue weighted by molar-refractivity contribution is 0.187. The number of aliphatic imine (C=N–C) groups is 1. The zero-order chi connectivity index (χ0) is 13.7. The summed E-state index contributed by atoms with van der Waals surface area (Å²) in [6.07, 6.45) is 0.724. The first-order valence-electron chi connectivity index (χ1n) is 6.49. The second kappa shape index (κ2) is 4.21. The van der Waals surface area contributed by atoms with Gasteiger partial charge in [0.2, 0.25) is 0 Å². The van der Waals surface area contributed by atoms with Gasteiger partial charge in [0.15, 0.2) is 0 Å². The van der Waals surface area contributed by atoms with Crippen molar-refractivity contribution in [1.82, 2.24) is 5.32 Å². The average molecular weight is 274 g/mol. The van der Waals surface area contributed by atoms with Crippen LogP contribution in [0.4, 0.5) is 14.5 Å². The largest absolute Gasteiger partial charge is 0.378 e. The number of nitrogens with zero attached hydrogens (tertiary/aromatic N) is 2. The fourth-order valence-corrected chi connectivity index (χ4v) is 2.37. The van der Waals surface area contributed by atoms with Crippen LogP contribution in [-0.4, -0.2) is 31.3 Å². The second-order valence-electron chi connectivity index (χ2n) is 5.09. The highest BCUT2D eigenvalue weighted by atomic mass is 19.3. The molecule has 3 heterocycles. The molecule has 0 atom stereocenters. The molecule has 4 nitrogen and oxygen atoms in total. The Hall–Kier alpha value is -2.08. The summed E-state index contributed by atoms with van der Waals surface area (Å²) in [5.74, 6) is 0. The van der Waals surface area contributed by atoms with Crippen molar-refractivity contribution in [1.29, 1.82) is 0 Å². The summed E-state index contributed by atoms with van der Waals surface area (Å²) < 4.78 is 24.8. The van der Waals surface area contributed by atoms with Crippen molar-refractivity contribution >= 4 is 17.6 Å². The molecule has 20 heavy (non-hydrogen) atoms. The minimum absolute atomic E-state index is 0.144. The van der Waals surface area contributed by atoms with E-state index in [4.69, 9.17) is 0 Å². The van der Waals surface area contributed by atoms with Crippen molar-refractivity contribution in [2.75, 3.05) is 18.4 Å². The number of benzene rings is 1. The maximum Gasteiger partial charge on any atom is 0.280 e. The number of nitrogens with one attached hydrogen (secondary N) is 2. The molecule has 1 aromatic rings. The van der Waals surface area contributed by atoms with Gasteiger partial charge in [-0.15, -0.1) is 0 Å². The Labute approximate surface area is 113 Å². The quantitative estimate of drug-likeness (QED) is 0.834. The molecule has 1 saturated heterocycles. The molecule has 0 bridgehead atoms. The molecule has 102 valence electrons. The summed E-state index contributed by atoms with van der Waals surface area (Å²) in [6, 6.07) is 4.27. The van der Waals surface area contributed by atoms with Crippen LogP contribution in [0.2, 0.25) is 0 Å². The van der Waals surface area contributed by atoms with Crippen molar-refractivity contribution in [2.24, 2.45) is 9.98 Å². The number of fused-ring (bicyclic) bond motifs is 1. The number of alkyl halides is 2. The van der Waals surface area contributed by atoms with Crippen LogP contribution in [0.1, 0.15) is 5.56 Å². The van der Waals surface area contributed by atoms with Crippen LogP contribution < -0.4 is 21.2 Å². The molecule has 0 spiro atoms. The molecule has 0 aromatic heterocycles. The van der Waals surface area contributed by atoms with E-state index in [9.17, 15) is 8.78 Å². The van der Waals surface area contributed by atoms with Crippen LogP contribution in [0.15, 0.2) is 33.9 Å². The number of halogens is 2. The number of rotatable bonds is 4. The van der Waals surface area contributed by atoms with Gasteiger partial charge >= 0.3 is 0 Å². The molecular formula is C14H12F2N4. The first-order valence-corrected chi connectivity index (χ1v) is 6.49. The fourth-order valence-electron chi connectivity index (χ4n) is 2.37. The van der Waals surface area contributed by atoms with Crippen LogP contribution in [0.3, 0.4) is 0 Å². The molecule has 0 saturated carbocycles. The van der Waals surface area contributed by atoms with Crippen LogP contribution in [0, 0.1) is 0 Å². The summed E-state index contributed by atoms with van der Waals surface area (Å²) in [6.45, 7) is 1.86. The third kappa shape index (κ3) is 1.76. The van der Waals surface area contributed by atoms with Gasteiger partial charge in [0.1, 0.15) is 5.70 Å². The molecule has 6 heteroatoms. The van der Waals surface area contributed by atoms with Crippen molar-refractivity contribution in [3.8, 4) is 0 Å². The number of allylic oxidation sites excluding steroid dienone is 2. The van der Waals surface area contributed by atoms with E-state index >= 15 is 0 Å². The van der Waals surface area contributed by atoms with Crippen molar-refractivity contribution < 1.29 is 8.78 Å². The summed E-state index contributed by atoms with van der Waals surface area (Å²) >= 11 is 0. The Morgan fingerprint density at radius 1 is 1.30 bits per heavy atom. The average Bonchev–Trinajstić information content (AvgIpc) is 2.24. The molecule has 0 amide bonds. The molecule has 4 rings (SSSR count). The normalized spacial score (nSPS) is 19.6. The Morgan fingerprint density at radius 3 is 2.65 bits per heavy atom. The van der Waals surface area contributed by atoms with Crippen molar-refractivity contribution in [3.05, 3.63) is 40.0 Å². The molecule has 2 N–H and O–H groups in total. The standard InChI is InChI=1S/C14H12F2N4/c15-14(16)12-3-10(20-12)7-1-8-4-18-13(8)11(2-7)19-9-5-17-6-9/h1-4,9,14,17,19H,5-6H2. The van der Waals surface area contributed by atoms with Crippen molar-refractivity contribution in [2.45, 2.75) is 12.5 Å². The highest BCUT2D eigenvalue weighted by Crippen LogP contribution is 2.22. The fraction of sp³-hybridized carbons (Fsp3) is 0.286. The Balaban J connectivity index is 1.64. The predicted molar refractivity (Wildman–Crippen MR) is 72.6 cm³/mol. The predicted octanol–water partition coefficient (Wildman–Crippen LogP) is 0.393. The van der Waals surface area contributed by atoms with Gasteiger partial charge in [0, 0.05) is 30.1 Å². The SMILES string of the molecule is FC(F)C1=CC(c2cc(NC3CNC3)c3c(c2)=CN=3)=N1. The van der Waals surface area contributed by atoms with E-state index in [1.165, 1.54) is 6.08 Å². The highest BCUT2D eigenvalue weighted by Gasteiger charge is 2.22. The van der Waals surface area contributed by atoms with Crippen LogP contribution in [0.25, 0.3) is 6.20 Å². The Kier molecular flexibility index (Phi) is 2.47. The van der Waals surface area contributed by atoms with Gasteiger partial charge in [0.25, 0.3) is 6.43 Å². The third-order valence-electron chi connectivity index (χ3n) is 3.67. The van der Waals surface area contributed by atoms with Crippen molar-refractivity contribution in [3.63, 3.8) is 0 Å². The van der Waals surface area contributed by atoms with Gasteiger partial charge in [-0.25, -0.2) is 13.8 Å². The van der Waals surface area contributed by atoms with Crippen LogP contribution >= 0.6 is 0 Å². The van der Waals surface area contributed by atoms with E-state index in [1.54, 1.807) is 6.20 Å². The lowest BCUT2D eigenvalue weighted by Gasteiger charge is -2.29. The van der Waals surface area contributed by atoms with E-state index in [2.05, 4.69) is 20.6 Å². The maximum atomic E-state index is 12.4. The first-order chi connectivity index (χ1) is 9.70. The molecule has 1 fully saturated rings. The highest BCUT2D eigenvalue weighted by molar-refractivity contribution is 6.13. The molecular weight excluding hydrogens is 262 g/mol. The molecule has 0 aliphatic carbocycles. The zero-order valence-electron chi connectivity index (χ0n) is 10.5. The smallest absolute Gasteiger partial charge is 0.280 e. The minimum Gasteiger partial charge on any atom is -0.378 e. The molecule has 0 radical (unpaired) electrons. The summed E-state index contributed by atoms with van der Waals surface area (Å²) in [4.78, 5) is 8.13. The van der Waals surface area contributed by atoms with Crippen LogP contribution in [0.5, 0.6) is 0 Å². The van der Waals surface area contributed by atoms with Gasteiger partial charge < -0.3 is 10.6 Å². The number of hydrogen-bond acceptors (Lipinski definition) is 4. The lowest BCUT2D eigenvalue weighted by atomic mass is 10.0. The Morgan fingerprint density at radius 2 is 2.10 bits per heavy atom. The van der Waals surface area contributed by atoms with Gasteiger partial charge in [-0.05, 0) is 18.2 Å². The lowest BCUT2D eigenvalue weighted by Crippen LogP contribution is -2.52. The van der Waals surface area contributed by atoms with E-state index in [0.717, 1.165) is 34.9 Å². The molecule has 1 aromatic carbocycles. The molecule has 3 aliphatic heterocycles. The van der Waals surface area contributed by atoms with Gasteiger partial charge in [-0.2, -0.15) is 0 Å². The van der Waals surface area contributed by atoms with Gasteiger partial charge in [-0.3, -0.25) is 4.99 Å². The second-order valence-corrected chi connectivity index (χ2v) is 5.09. The summed E-state index contributed by atoms with van der Waals surface area (Å²) in [7, 11) is 0. The minimum atomic E-state index is -2.49.